The number of aliphatic carboxylic acids is 1. The molecule has 5 heteroatoms. The Balaban J connectivity index is 2.67. The van der Waals surface area contributed by atoms with Crippen molar-refractivity contribution in [3.63, 3.8) is 0 Å². The molecule has 1 amide bonds. The summed E-state index contributed by atoms with van der Waals surface area (Å²) in [6.45, 7) is 6.48. The maximum absolute atomic E-state index is 12.2. The van der Waals surface area contributed by atoms with Gasteiger partial charge >= 0.3 is 5.97 Å². The average molecular weight is 256 g/mol. The Morgan fingerprint density at radius 1 is 1.39 bits per heavy atom. The topological polar surface area (TPSA) is 83.6 Å². The quantitative estimate of drug-likeness (QED) is 0.795. The van der Waals surface area contributed by atoms with Gasteiger partial charge in [0.1, 0.15) is 6.04 Å². The van der Waals surface area contributed by atoms with Crippen LogP contribution in [0, 0.1) is 5.41 Å². The zero-order valence-electron chi connectivity index (χ0n) is 11.5. The molecule has 0 radical (unpaired) electrons. The first-order chi connectivity index (χ1) is 8.23. The van der Waals surface area contributed by atoms with Crippen molar-refractivity contribution in [3.05, 3.63) is 0 Å². The maximum atomic E-state index is 12.2. The van der Waals surface area contributed by atoms with Gasteiger partial charge in [-0.2, -0.15) is 0 Å². The molecule has 1 aliphatic heterocycles. The van der Waals surface area contributed by atoms with Gasteiger partial charge in [0, 0.05) is 19.0 Å². The number of piperidine rings is 1. The van der Waals surface area contributed by atoms with Crippen molar-refractivity contribution in [3.8, 4) is 0 Å². The second-order valence-corrected chi connectivity index (χ2v) is 6.11. The molecule has 0 aromatic heterocycles. The molecule has 2 unspecified atom stereocenters. The monoisotopic (exact) mass is 256 g/mol. The van der Waals surface area contributed by atoms with E-state index in [-0.39, 0.29) is 23.8 Å². The third-order valence-corrected chi connectivity index (χ3v) is 3.62. The predicted molar refractivity (Wildman–Crippen MR) is 69.0 cm³/mol. The highest BCUT2D eigenvalue weighted by atomic mass is 16.4. The first-order valence-corrected chi connectivity index (χ1v) is 6.51. The molecule has 18 heavy (non-hydrogen) atoms. The predicted octanol–water partition coefficient (Wildman–Crippen LogP) is 1.22. The van der Waals surface area contributed by atoms with Crippen LogP contribution in [0.4, 0.5) is 0 Å². The second kappa shape index (κ2) is 5.69. The standard InChI is InChI=1S/C13H24N2O3/c1-13(2,3)10(14)8-11(16)15-7-5-4-6-9(15)12(17)18/h9-10H,4-8,14H2,1-3H3,(H,17,18). The summed E-state index contributed by atoms with van der Waals surface area (Å²) in [4.78, 5) is 24.8. The van der Waals surface area contributed by atoms with Gasteiger partial charge in [0.25, 0.3) is 0 Å². The number of carboxylic acids is 1. The van der Waals surface area contributed by atoms with E-state index < -0.39 is 12.0 Å². The Labute approximate surface area is 108 Å². The highest BCUT2D eigenvalue weighted by molar-refractivity contribution is 5.84. The molecule has 104 valence electrons. The van der Waals surface area contributed by atoms with Crippen LogP contribution >= 0.6 is 0 Å². The number of amides is 1. The van der Waals surface area contributed by atoms with Crippen molar-refractivity contribution in [1.29, 1.82) is 0 Å². The Bertz CT molecular complexity index is 323. The molecule has 1 saturated heterocycles. The molecule has 1 heterocycles. The molecule has 5 nitrogen and oxygen atoms in total. The first-order valence-electron chi connectivity index (χ1n) is 6.51. The molecule has 1 fully saturated rings. The van der Waals surface area contributed by atoms with E-state index >= 15 is 0 Å². The summed E-state index contributed by atoms with van der Waals surface area (Å²) in [5.41, 5.74) is 5.84. The van der Waals surface area contributed by atoms with Gasteiger partial charge in [-0.15, -0.1) is 0 Å². The van der Waals surface area contributed by atoms with E-state index in [1.54, 1.807) is 0 Å². The molecule has 2 atom stereocenters. The van der Waals surface area contributed by atoms with Crippen LogP contribution in [0.15, 0.2) is 0 Å². The van der Waals surface area contributed by atoms with Gasteiger partial charge in [0.2, 0.25) is 5.91 Å². The van der Waals surface area contributed by atoms with Crippen molar-refractivity contribution in [1.82, 2.24) is 4.90 Å². The lowest BCUT2D eigenvalue weighted by Crippen LogP contribution is -2.50. The Kier molecular flexibility index (Phi) is 4.73. The first kappa shape index (κ1) is 15.0. The van der Waals surface area contributed by atoms with Crippen LogP contribution in [-0.4, -0.2) is 40.5 Å². The summed E-state index contributed by atoms with van der Waals surface area (Å²) in [7, 11) is 0. The number of carboxylic acid groups (broad SMARTS) is 1. The number of rotatable bonds is 3. The van der Waals surface area contributed by atoms with Crippen molar-refractivity contribution >= 4 is 11.9 Å². The number of carbonyl (C=O) groups excluding carboxylic acids is 1. The van der Waals surface area contributed by atoms with E-state index in [2.05, 4.69) is 0 Å². The van der Waals surface area contributed by atoms with Crippen molar-refractivity contribution in [2.45, 2.75) is 58.5 Å². The summed E-state index contributed by atoms with van der Waals surface area (Å²) in [6, 6.07) is -0.917. The molecule has 3 N–H and O–H groups in total. The van der Waals surface area contributed by atoms with Gasteiger partial charge in [0.05, 0.1) is 0 Å². The van der Waals surface area contributed by atoms with Gasteiger partial charge in [0.15, 0.2) is 0 Å². The molecule has 0 saturated carbocycles. The summed E-state index contributed by atoms with van der Waals surface area (Å²) >= 11 is 0. The fourth-order valence-corrected chi connectivity index (χ4v) is 2.10. The van der Waals surface area contributed by atoms with Crippen LogP contribution in [0.2, 0.25) is 0 Å². The van der Waals surface area contributed by atoms with E-state index in [0.29, 0.717) is 13.0 Å². The summed E-state index contributed by atoms with van der Waals surface area (Å²) in [5.74, 6) is -1.04. The van der Waals surface area contributed by atoms with Crippen LogP contribution in [0.1, 0.15) is 46.5 Å². The van der Waals surface area contributed by atoms with Gasteiger partial charge in [-0.3, -0.25) is 4.79 Å². The SMILES string of the molecule is CC(C)(C)C(N)CC(=O)N1CCCCC1C(=O)O. The summed E-state index contributed by atoms with van der Waals surface area (Å²) in [5, 5.41) is 9.13. The van der Waals surface area contributed by atoms with Crippen molar-refractivity contribution in [2.24, 2.45) is 11.1 Å². The van der Waals surface area contributed by atoms with Crippen molar-refractivity contribution < 1.29 is 14.7 Å². The normalized spacial score (nSPS) is 22.7. The van der Waals surface area contributed by atoms with Crippen LogP contribution in [0.3, 0.4) is 0 Å². The fourth-order valence-electron chi connectivity index (χ4n) is 2.10. The lowest BCUT2D eigenvalue weighted by molar-refractivity contribution is -0.152. The van der Waals surface area contributed by atoms with Crippen LogP contribution in [-0.2, 0) is 9.59 Å². The molecule has 0 aliphatic carbocycles. The van der Waals surface area contributed by atoms with E-state index in [4.69, 9.17) is 10.8 Å². The van der Waals surface area contributed by atoms with E-state index in [0.717, 1.165) is 12.8 Å². The zero-order chi connectivity index (χ0) is 13.9. The van der Waals surface area contributed by atoms with Gasteiger partial charge in [-0.05, 0) is 24.7 Å². The third kappa shape index (κ3) is 3.70. The minimum atomic E-state index is -0.910. The molecular formula is C13H24N2O3. The van der Waals surface area contributed by atoms with E-state index in [1.165, 1.54) is 4.90 Å². The van der Waals surface area contributed by atoms with E-state index in [1.807, 2.05) is 20.8 Å². The second-order valence-electron chi connectivity index (χ2n) is 6.11. The zero-order valence-corrected chi connectivity index (χ0v) is 11.5. The van der Waals surface area contributed by atoms with Gasteiger partial charge in [-0.25, -0.2) is 4.79 Å². The molecule has 0 aromatic carbocycles. The fraction of sp³-hybridized carbons (Fsp3) is 0.846. The lowest BCUT2D eigenvalue weighted by Gasteiger charge is -2.35. The van der Waals surface area contributed by atoms with Gasteiger partial charge < -0.3 is 15.7 Å². The third-order valence-electron chi connectivity index (χ3n) is 3.62. The number of hydrogen-bond donors (Lipinski definition) is 2. The molecule has 0 bridgehead atoms. The van der Waals surface area contributed by atoms with Crippen LogP contribution < -0.4 is 5.73 Å². The Hall–Kier alpha value is -1.10. The summed E-state index contributed by atoms with van der Waals surface area (Å²) < 4.78 is 0. The summed E-state index contributed by atoms with van der Waals surface area (Å²) in [6.07, 6.45) is 2.51. The van der Waals surface area contributed by atoms with Crippen LogP contribution in [0.25, 0.3) is 0 Å². The van der Waals surface area contributed by atoms with Crippen molar-refractivity contribution in [2.75, 3.05) is 6.54 Å². The van der Waals surface area contributed by atoms with Crippen LogP contribution in [0.5, 0.6) is 0 Å². The smallest absolute Gasteiger partial charge is 0.326 e. The maximum Gasteiger partial charge on any atom is 0.326 e. The molecule has 1 aliphatic rings. The highest BCUT2D eigenvalue weighted by Gasteiger charge is 2.33. The molecular weight excluding hydrogens is 232 g/mol. The minimum absolute atomic E-state index is 0.135. The Morgan fingerprint density at radius 2 is 2.00 bits per heavy atom. The number of hydrogen-bond acceptors (Lipinski definition) is 3. The largest absolute Gasteiger partial charge is 0.480 e. The highest BCUT2D eigenvalue weighted by Crippen LogP contribution is 2.23. The number of carbonyl (C=O) groups is 2. The Morgan fingerprint density at radius 3 is 2.50 bits per heavy atom. The number of nitrogens with two attached hydrogens (primary N) is 1. The minimum Gasteiger partial charge on any atom is -0.480 e. The lowest BCUT2D eigenvalue weighted by atomic mass is 9.85. The molecule has 1 rings (SSSR count). The molecule has 0 spiro atoms. The number of nitrogens with zero attached hydrogens (tertiary/aromatic N) is 1. The van der Waals surface area contributed by atoms with E-state index in [9.17, 15) is 9.59 Å². The average Bonchev–Trinajstić information content (AvgIpc) is 2.27. The molecule has 0 aromatic rings. The van der Waals surface area contributed by atoms with Gasteiger partial charge in [-0.1, -0.05) is 20.8 Å². The number of likely N-dealkylation sites (tertiary alicyclic amines) is 1.